The van der Waals surface area contributed by atoms with Crippen molar-refractivity contribution in [3.05, 3.63) is 53.7 Å². The molecule has 8 nitrogen and oxygen atoms in total. The number of esters is 2. The van der Waals surface area contributed by atoms with Gasteiger partial charge in [-0.25, -0.2) is 21.9 Å². The van der Waals surface area contributed by atoms with Crippen LogP contribution in [-0.2, 0) is 30.9 Å². The summed E-state index contributed by atoms with van der Waals surface area (Å²) in [5.41, 5.74) is 0.371. The van der Waals surface area contributed by atoms with Crippen molar-refractivity contribution in [1.29, 1.82) is 0 Å². The second-order valence-corrected chi connectivity index (χ2v) is 7.86. The minimum absolute atomic E-state index is 0.0192. The number of carbonyl (C=O) groups is 2. The number of hydrogen-bond acceptors (Lipinski definition) is 7. The van der Waals surface area contributed by atoms with E-state index in [0.29, 0.717) is 5.56 Å². The monoisotopic (exact) mass is 413 g/mol. The first-order valence-electron chi connectivity index (χ1n) is 8.28. The van der Waals surface area contributed by atoms with E-state index in [0.717, 1.165) is 16.4 Å². The molecule has 0 aliphatic carbocycles. The Bertz CT molecular complexity index is 922. The van der Waals surface area contributed by atoms with Crippen molar-refractivity contribution in [3.63, 3.8) is 0 Å². The van der Waals surface area contributed by atoms with E-state index in [-0.39, 0.29) is 36.6 Å². The molecule has 0 radical (unpaired) electrons. The molecule has 152 valence electrons. The van der Waals surface area contributed by atoms with Gasteiger partial charge in [0.25, 0.3) is 0 Å². The van der Waals surface area contributed by atoms with Crippen LogP contribution in [0.25, 0.3) is 0 Å². The molecule has 0 N–H and O–H groups in total. The van der Waals surface area contributed by atoms with Crippen LogP contribution in [0.4, 0.5) is 4.39 Å². The van der Waals surface area contributed by atoms with Crippen LogP contribution in [0.3, 0.4) is 0 Å². The van der Waals surface area contributed by atoms with Crippen molar-refractivity contribution in [3.8, 4) is 0 Å². The molecule has 0 aliphatic rings. The van der Waals surface area contributed by atoms with Gasteiger partial charge in [0.2, 0.25) is 15.8 Å². The molecule has 2 rings (SSSR count). The molecule has 0 aliphatic heterocycles. The first kappa shape index (κ1) is 21.6. The number of halogens is 1. The summed E-state index contributed by atoms with van der Waals surface area (Å²) in [6, 6.07) is 5.98. The van der Waals surface area contributed by atoms with Crippen molar-refractivity contribution in [2.75, 3.05) is 20.7 Å². The lowest BCUT2D eigenvalue weighted by molar-refractivity contribution is -0.145. The van der Waals surface area contributed by atoms with Gasteiger partial charge in [-0.1, -0.05) is 0 Å². The highest BCUT2D eigenvalue weighted by molar-refractivity contribution is 7.89. The Morgan fingerprint density at radius 3 is 2.50 bits per heavy atom. The Morgan fingerprint density at radius 2 is 1.86 bits per heavy atom. The predicted octanol–water partition coefficient (Wildman–Crippen LogP) is 2.35. The Hall–Kier alpha value is -2.72. The number of rotatable bonds is 9. The van der Waals surface area contributed by atoms with E-state index in [2.05, 4.69) is 4.74 Å². The van der Waals surface area contributed by atoms with Crippen molar-refractivity contribution in [2.45, 2.75) is 24.3 Å². The molecule has 0 fully saturated rings. The lowest BCUT2D eigenvalue weighted by Crippen LogP contribution is -2.28. The van der Waals surface area contributed by atoms with E-state index in [1.807, 2.05) is 0 Å². The number of nitrogens with zero attached hydrogens (tertiary/aromatic N) is 1. The number of ether oxygens (including phenoxy) is 2. The molecule has 1 heterocycles. The Balaban J connectivity index is 1.81. The van der Waals surface area contributed by atoms with Crippen LogP contribution < -0.4 is 0 Å². The van der Waals surface area contributed by atoms with Crippen molar-refractivity contribution in [1.82, 2.24) is 4.31 Å². The summed E-state index contributed by atoms with van der Waals surface area (Å²) in [6.45, 7) is -0.0859. The Morgan fingerprint density at radius 1 is 1.18 bits per heavy atom. The molecule has 10 heteroatoms. The zero-order valence-electron chi connectivity index (χ0n) is 15.4. The quantitative estimate of drug-likeness (QED) is 0.581. The fourth-order valence-corrected chi connectivity index (χ4v) is 3.51. The van der Waals surface area contributed by atoms with Gasteiger partial charge in [0.1, 0.15) is 12.4 Å². The van der Waals surface area contributed by atoms with Crippen LogP contribution in [0.1, 0.15) is 29.0 Å². The highest BCUT2D eigenvalue weighted by atomic mass is 32.2. The number of hydrogen-bond donors (Lipinski definition) is 0. The van der Waals surface area contributed by atoms with Crippen LogP contribution in [0.5, 0.6) is 0 Å². The number of furan rings is 1. The normalized spacial score (nSPS) is 11.4. The lowest BCUT2D eigenvalue weighted by atomic mass is 10.2. The lowest BCUT2D eigenvalue weighted by Gasteiger charge is -2.17. The van der Waals surface area contributed by atoms with Gasteiger partial charge < -0.3 is 13.9 Å². The third-order valence-corrected chi connectivity index (χ3v) is 5.75. The maximum Gasteiger partial charge on any atom is 0.374 e. The molecule has 2 aromatic rings. The third-order valence-electron chi connectivity index (χ3n) is 3.88. The summed E-state index contributed by atoms with van der Waals surface area (Å²) in [5, 5.41) is 0. The minimum Gasteiger partial charge on any atom is -0.463 e. The minimum atomic E-state index is -3.77. The molecule has 0 bridgehead atoms. The SMILES string of the molecule is COC(=O)c1occc1COC(=O)CCCN(C)S(=O)(=O)c1ccc(F)cc1. The average molecular weight is 413 g/mol. The molecule has 0 saturated heterocycles. The predicted molar refractivity (Wildman–Crippen MR) is 95.3 cm³/mol. The Labute approximate surface area is 161 Å². The summed E-state index contributed by atoms with van der Waals surface area (Å²) in [4.78, 5) is 23.3. The van der Waals surface area contributed by atoms with Crippen LogP contribution in [0.2, 0.25) is 0 Å². The Kier molecular flexibility index (Phi) is 7.30. The second kappa shape index (κ2) is 9.47. The molecular formula is C18H20FNO7S. The molecular weight excluding hydrogens is 393 g/mol. The zero-order valence-corrected chi connectivity index (χ0v) is 16.2. The topological polar surface area (TPSA) is 103 Å². The van der Waals surface area contributed by atoms with Gasteiger partial charge in [0.15, 0.2) is 0 Å². The van der Waals surface area contributed by atoms with E-state index in [4.69, 9.17) is 9.15 Å². The fourth-order valence-electron chi connectivity index (χ4n) is 2.30. The molecule has 0 saturated carbocycles. The molecule has 0 unspecified atom stereocenters. The summed E-state index contributed by atoms with van der Waals surface area (Å²) in [6.07, 6.45) is 1.49. The van der Waals surface area contributed by atoms with Gasteiger partial charge in [-0.15, -0.1) is 0 Å². The van der Waals surface area contributed by atoms with E-state index < -0.39 is 27.8 Å². The van der Waals surface area contributed by atoms with Crippen LogP contribution >= 0.6 is 0 Å². The molecule has 0 atom stereocenters. The zero-order chi connectivity index (χ0) is 20.7. The van der Waals surface area contributed by atoms with Gasteiger partial charge in [0.05, 0.1) is 18.3 Å². The van der Waals surface area contributed by atoms with Gasteiger partial charge in [0, 0.05) is 25.6 Å². The number of methoxy groups -OCH3 is 1. The van der Waals surface area contributed by atoms with Crippen molar-refractivity contribution in [2.24, 2.45) is 0 Å². The van der Waals surface area contributed by atoms with Gasteiger partial charge in [-0.3, -0.25) is 4.79 Å². The smallest absolute Gasteiger partial charge is 0.374 e. The van der Waals surface area contributed by atoms with E-state index in [1.54, 1.807) is 0 Å². The van der Waals surface area contributed by atoms with Crippen LogP contribution in [0.15, 0.2) is 45.9 Å². The van der Waals surface area contributed by atoms with E-state index in [1.165, 1.54) is 38.6 Å². The van der Waals surface area contributed by atoms with Gasteiger partial charge >= 0.3 is 11.9 Å². The summed E-state index contributed by atoms with van der Waals surface area (Å²) in [5.74, 6) is -1.80. The molecule has 0 amide bonds. The van der Waals surface area contributed by atoms with Gasteiger partial charge in [-0.2, -0.15) is 0 Å². The van der Waals surface area contributed by atoms with Crippen LogP contribution in [-0.4, -0.2) is 45.4 Å². The standard InChI is InChI=1S/C18H20FNO7S/c1-20(28(23,24)15-7-5-14(19)6-8-15)10-3-4-16(21)27-12-13-9-11-26-17(13)18(22)25-2/h5-9,11H,3-4,10,12H2,1-2H3. The molecule has 1 aromatic carbocycles. The van der Waals surface area contributed by atoms with Crippen molar-refractivity contribution >= 4 is 22.0 Å². The summed E-state index contributed by atoms with van der Waals surface area (Å²) < 4.78 is 53.4. The molecule has 0 spiro atoms. The number of benzene rings is 1. The first-order chi connectivity index (χ1) is 13.3. The summed E-state index contributed by atoms with van der Waals surface area (Å²) in [7, 11) is -1.19. The molecule has 1 aromatic heterocycles. The van der Waals surface area contributed by atoms with E-state index in [9.17, 15) is 22.4 Å². The van der Waals surface area contributed by atoms with Crippen molar-refractivity contribution < 1.29 is 36.3 Å². The number of carbonyl (C=O) groups excluding carboxylic acids is 2. The van der Waals surface area contributed by atoms with Gasteiger partial charge in [-0.05, 0) is 36.8 Å². The maximum absolute atomic E-state index is 12.9. The number of sulfonamides is 1. The highest BCUT2D eigenvalue weighted by Crippen LogP contribution is 2.16. The van der Waals surface area contributed by atoms with E-state index >= 15 is 0 Å². The maximum atomic E-state index is 12.9. The molecule has 28 heavy (non-hydrogen) atoms. The largest absolute Gasteiger partial charge is 0.463 e. The first-order valence-corrected chi connectivity index (χ1v) is 9.72. The highest BCUT2D eigenvalue weighted by Gasteiger charge is 2.21. The fraction of sp³-hybridized carbons (Fsp3) is 0.333. The van der Waals surface area contributed by atoms with Crippen LogP contribution in [0, 0.1) is 5.82 Å². The second-order valence-electron chi connectivity index (χ2n) is 5.81. The summed E-state index contributed by atoms with van der Waals surface area (Å²) >= 11 is 0. The average Bonchev–Trinajstić information content (AvgIpc) is 3.14. The third kappa shape index (κ3) is 5.40.